The van der Waals surface area contributed by atoms with Crippen LogP contribution in [0.5, 0.6) is 0 Å². The number of Topliss-reactive ketones (excluding diaryl/α,β-unsaturated/α-hetero) is 1. The van der Waals surface area contributed by atoms with E-state index in [1.165, 1.54) is 31.2 Å². The lowest BCUT2D eigenvalue weighted by atomic mass is 10.1. The summed E-state index contributed by atoms with van der Waals surface area (Å²) < 4.78 is 24.0. The Balaban J connectivity index is 2.81. The molecule has 15 heavy (non-hydrogen) atoms. The molecule has 0 fully saturated rings. The minimum absolute atomic E-state index is 0.0703. The molecule has 3 nitrogen and oxygen atoms in total. The fourth-order valence-corrected chi connectivity index (χ4v) is 1.05. The van der Waals surface area contributed by atoms with Crippen molar-refractivity contribution in [2.45, 2.75) is 13.3 Å². The van der Waals surface area contributed by atoms with Crippen LogP contribution in [0.15, 0.2) is 24.3 Å². The van der Waals surface area contributed by atoms with Crippen LogP contribution in [0.2, 0.25) is 0 Å². The second-order valence-corrected chi connectivity index (χ2v) is 2.92. The fourth-order valence-electron chi connectivity index (χ4n) is 1.05. The molecule has 0 heterocycles. The van der Waals surface area contributed by atoms with E-state index in [2.05, 4.69) is 5.32 Å². The fraction of sp³-hybridized carbons (Fsp3) is 0.200. The first kappa shape index (κ1) is 11.3. The Bertz CT molecular complexity index is 374. The van der Waals surface area contributed by atoms with E-state index < -0.39 is 12.2 Å². The highest BCUT2D eigenvalue weighted by molar-refractivity contribution is 5.99. The number of hydrogen-bond donors (Lipinski definition) is 1. The van der Waals surface area contributed by atoms with Crippen LogP contribution < -0.4 is 5.32 Å². The highest BCUT2D eigenvalue weighted by Gasteiger charge is 2.17. The Morgan fingerprint density at radius 2 is 1.73 bits per heavy atom. The summed E-state index contributed by atoms with van der Waals surface area (Å²) in [5, 5.41) is 2.46. The van der Waals surface area contributed by atoms with Crippen LogP contribution in [-0.2, 0) is 4.79 Å². The number of amides is 1. The van der Waals surface area contributed by atoms with Gasteiger partial charge in [-0.25, -0.2) is 8.78 Å². The summed E-state index contributed by atoms with van der Waals surface area (Å²) >= 11 is 0. The molecule has 0 radical (unpaired) electrons. The molecule has 0 unspecified atom stereocenters. The average molecular weight is 213 g/mol. The number of ketones is 1. The molecule has 0 bridgehead atoms. The molecule has 0 aliphatic rings. The third-order valence-electron chi connectivity index (χ3n) is 1.69. The smallest absolute Gasteiger partial charge is 0.300 e. The lowest BCUT2D eigenvalue weighted by Crippen LogP contribution is -2.10. The predicted molar refractivity (Wildman–Crippen MR) is 51.1 cm³/mol. The minimum atomic E-state index is -3.00. The molecule has 0 spiro atoms. The summed E-state index contributed by atoms with van der Waals surface area (Å²) in [7, 11) is 0. The van der Waals surface area contributed by atoms with Gasteiger partial charge in [-0.1, -0.05) is 0 Å². The van der Waals surface area contributed by atoms with Crippen molar-refractivity contribution >= 4 is 17.4 Å². The Morgan fingerprint density at radius 1 is 1.20 bits per heavy atom. The van der Waals surface area contributed by atoms with E-state index in [1.807, 2.05) is 0 Å². The lowest BCUT2D eigenvalue weighted by Gasteiger charge is -2.03. The van der Waals surface area contributed by atoms with Gasteiger partial charge in [-0.15, -0.1) is 0 Å². The van der Waals surface area contributed by atoms with Crippen molar-refractivity contribution in [1.82, 2.24) is 0 Å². The minimum Gasteiger partial charge on any atom is -0.326 e. The summed E-state index contributed by atoms with van der Waals surface area (Å²) in [6.45, 7) is 1.33. The second-order valence-electron chi connectivity index (χ2n) is 2.92. The SMILES string of the molecule is CC(=O)Nc1ccc(C(=O)C(F)F)cc1. The Kier molecular flexibility index (Phi) is 3.49. The van der Waals surface area contributed by atoms with Gasteiger partial charge in [0.2, 0.25) is 11.7 Å². The third-order valence-corrected chi connectivity index (χ3v) is 1.69. The van der Waals surface area contributed by atoms with Crippen molar-refractivity contribution in [3.05, 3.63) is 29.8 Å². The van der Waals surface area contributed by atoms with E-state index in [-0.39, 0.29) is 11.5 Å². The quantitative estimate of drug-likeness (QED) is 0.781. The van der Waals surface area contributed by atoms with Gasteiger partial charge in [0.15, 0.2) is 0 Å². The van der Waals surface area contributed by atoms with Crippen LogP contribution in [0.25, 0.3) is 0 Å². The number of carbonyl (C=O) groups is 2. The first-order valence-electron chi connectivity index (χ1n) is 4.20. The van der Waals surface area contributed by atoms with E-state index in [4.69, 9.17) is 0 Å². The summed E-state index contributed by atoms with van der Waals surface area (Å²) in [5.41, 5.74) is 0.396. The molecule has 5 heteroatoms. The van der Waals surface area contributed by atoms with Crippen molar-refractivity contribution in [1.29, 1.82) is 0 Å². The van der Waals surface area contributed by atoms with Crippen LogP contribution in [0.1, 0.15) is 17.3 Å². The number of carbonyl (C=O) groups excluding carboxylic acids is 2. The molecular formula is C10H9F2NO2. The van der Waals surface area contributed by atoms with Gasteiger partial charge in [0.25, 0.3) is 0 Å². The van der Waals surface area contributed by atoms with Gasteiger partial charge < -0.3 is 5.32 Å². The molecule has 0 aliphatic heterocycles. The molecule has 80 valence electrons. The number of halogens is 2. The molecule has 1 aromatic rings. The molecular weight excluding hydrogens is 204 g/mol. The molecule has 0 atom stereocenters. The molecule has 0 saturated carbocycles. The van der Waals surface area contributed by atoms with Gasteiger partial charge in [-0.3, -0.25) is 9.59 Å². The molecule has 1 aromatic carbocycles. The molecule has 0 aliphatic carbocycles. The van der Waals surface area contributed by atoms with E-state index in [0.717, 1.165) is 0 Å². The van der Waals surface area contributed by atoms with Crippen molar-refractivity contribution in [3.63, 3.8) is 0 Å². The van der Waals surface area contributed by atoms with Crippen LogP contribution in [0, 0.1) is 0 Å². The number of hydrogen-bond acceptors (Lipinski definition) is 2. The van der Waals surface area contributed by atoms with E-state index in [1.54, 1.807) is 0 Å². The molecule has 1 rings (SSSR count). The number of anilines is 1. The standard InChI is InChI=1S/C10H9F2NO2/c1-6(14)13-8-4-2-7(3-5-8)9(15)10(11)12/h2-5,10H,1H3,(H,13,14). The van der Waals surface area contributed by atoms with Gasteiger partial charge in [0.05, 0.1) is 0 Å². The van der Waals surface area contributed by atoms with Crippen molar-refractivity contribution in [2.75, 3.05) is 5.32 Å². The first-order chi connectivity index (χ1) is 7.00. The van der Waals surface area contributed by atoms with Gasteiger partial charge in [-0.05, 0) is 24.3 Å². The van der Waals surface area contributed by atoms with Crippen molar-refractivity contribution in [2.24, 2.45) is 0 Å². The number of benzene rings is 1. The topological polar surface area (TPSA) is 46.2 Å². The number of rotatable bonds is 3. The zero-order valence-corrected chi connectivity index (χ0v) is 7.96. The summed E-state index contributed by atoms with van der Waals surface area (Å²) in [6.07, 6.45) is -3.00. The van der Waals surface area contributed by atoms with Crippen molar-refractivity contribution in [3.8, 4) is 0 Å². The maximum Gasteiger partial charge on any atom is 0.300 e. The molecule has 0 saturated heterocycles. The van der Waals surface area contributed by atoms with Crippen molar-refractivity contribution < 1.29 is 18.4 Å². The van der Waals surface area contributed by atoms with E-state index in [0.29, 0.717) is 5.69 Å². The zero-order valence-electron chi connectivity index (χ0n) is 7.96. The second kappa shape index (κ2) is 4.63. The summed E-state index contributed by atoms with van der Waals surface area (Å²) in [6, 6.07) is 5.30. The number of nitrogens with one attached hydrogen (secondary N) is 1. The van der Waals surface area contributed by atoms with Crippen LogP contribution in [-0.4, -0.2) is 18.1 Å². The molecule has 1 N–H and O–H groups in total. The van der Waals surface area contributed by atoms with Gasteiger partial charge in [0.1, 0.15) is 0 Å². The van der Waals surface area contributed by atoms with E-state index in [9.17, 15) is 18.4 Å². The normalized spacial score (nSPS) is 10.1. The first-order valence-corrected chi connectivity index (χ1v) is 4.20. The Labute approximate surface area is 85.1 Å². The maximum atomic E-state index is 12.0. The Hall–Kier alpha value is -1.78. The predicted octanol–water partition coefficient (Wildman–Crippen LogP) is 2.09. The largest absolute Gasteiger partial charge is 0.326 e. The number of alkyl halides is 2. The Morgan fingerprint density at radius 3 is 2.13 bits per heavy atom. The lowest BCUT2D eigenvalue weighted by molar-refractivity contribution is -0.114. The molecule has 0 aromatic heterocycles. The molecule has 1 amide bonds. The van der Waals surface area contributed by atoms with Gasteiger partial charge in [0, 0.05) is 18.2 Å². The highest BCUT2D eigenvalue weighted by atomic mass is 19.3. The summed E-state index contributed by atoms with van der Waals surface area (Å²) in [5.74, 6) is -1.48. The van der Waals surface area contributed by atoms with Gasteiger partial charge >= 0.3 is 6.43 Å². The highest BCUT2D eigenvalue weighted by Crippen LogP contribution is 2.12. The monoisotopic (exact) mass is 213 g/mol. The average Bonchev–Trinajstić information content (AvgIpc) is 2.17. The third kappa shape index (κ3) is 3.12. The zero-order chi connectivity index (χ0) is 11.4. The summed E-state index contributed by atoms with van der Waals surface area (Å²) in [4.78, 5) is 21.5. The van der Waals surface area contributed by atoms with E-state index >= 15 is 0 Å². The van der Waals surface area contributed by atoms with Crippen LogP contribution in [0.4, 0.5) is 14.5 Å². The maximum absolute atomic E-state index is 12.0. The van der Waals surface area contributed by atoms with Crippen LogP contribution >= 0.6 is 0 Å². The van der Waals surface area contributed by atoms with Crippen LogP contribution in [0.3, 0.4) is 0 Å². The van der Waals surface area contributed by atoms with Gasteiger partial charge in [-0.2, -0.15) is 0 Å².